The number of anilines is 2. The molecule has 3 rings (SSSR count). The van der Waals surface area contributed by atoms with Gasteiger partial charge in [0.05, 0.1) is 11.0 Å². The summed E-state index contributed by atoms with van der Waals surface area (Å²) in [5.74, 6) is -0.00665. The van der Waals surface area contributed by atoms with Crippen LogP contribution in [0.1, 0.15) is 12.5 Å². The Labute approximate surface area is 163 Å². The monoisotopic (exact) mass is 378 g/mol. The fourth-order valence-corrected chi connectivity index (χ4v) is 3.31. The number of nitrogens with one attached hydrogen (secondary N) is 2. The standard InChI is InChI=1S/C22H22N2O2S/c1-15-7-10-19(11-8-15)23-21(25)14-27-16(2)22(26)24-20-12-9-17-5-3-4-6-18(17)13-20/h3-13,16H,14H2,1-2H3,(H,23,25)(H,24,26)/t16-/m1/s1. The Morgan fingerprint density at radius 1 is 0.889 bits per heavy atom. The van der Waals surface area contributed by atoms with Crippen LogP contribution in [-0.2, 0) is 9.59 Å². The van der Waals surface area contributed by atoms with Crippen molar-refractivity contribution in [1.82, 2.24) is 0 Å². The zero-order valence-electron chi connectivity index (χ0n) is 15.4. The second-order valence-corrected chi connectivity index (χ2v) is 7.75. The van der Waals surface area contributed by atoms with Gasteiger partial charge < -0.3 is 10.6 Å². The van der Waals surface area contributed by atoms with E-state index in [0.29, 0.717) is 0 Å². The fraction of sp³-hybridized carbons (Fsp3) is 0.182. The normalized spacial score (nSPS) is 11.8. The summed E-state index contributed by atoms with van der Waals surface area (Å²) in [4.78, 5) is 24.5. The molecule has 0 spiro atoms. The van der Waals surface area contributed by atoms with Crippen molar-refractivity contribution in [3.05, 3.63) is 72.3 Å². The van der Waals surface area contributed by atoms with Gasteiger partial charge in [-0.15, -0.1) is 11.8 Å². The van der Waals surface area contributed by atoms with Gasteiger partial charge in [0.25, 0.3) is 0 Å². The summed E-state index contributed by atoms with van der Waals surface area (Å²) in [7, 11) is 0. The Morgan fingerprint density at radius 3 is 2.30 bits per heavy atom. The highest BCUT2D eigenvalue weighted by Gasteiger charge is 2.15. The number of amides is 2. The highest BCUT2D eigenvalue weighted by atomic mass is 32.2. The Balaban J connectivity index is 1.50. The minimum atomic E-state index is -0.333. The smallest absolute Gasteiger partial charge is 0.237 e. The van der Waals surface area contributed by atoms with Crippen LogP contribution in [0.3, 0.4) is 0 Å². The maximum atomic E-state index is 12.4. The molecule has 3 aromatic rings. The molecule has 138 valence electrons. The summed E-state index contributed by atoms with van der Waals surface area (Å²) in [6.45, 7) is 3.80. The molecule has 27 heavy (non-hydrogen) atoms. The predicted molar refractivity (Wildman–Crippen MR) is 114 cm³/mol. The van der Waals surface area contributed by atoms with Gasteiger partial charge in [-0.25, -0.2) is 0 Å². The summed E-state index contributed by atoms with van der Waals surface area (Å²) in [6, 6.07) is 21.5. The van der Waals surface area contributed by atoms with Crippen LogP contribution in [0.25, 0.3) is 10.8 Å². The lowest BCUT2D eigenvalue weighted by atomic mass is 10.1. The fourth-order valence-electron chi connectivity index (χ4n) is 2.62. The first-order chi connectivity index (χ1) is 13.0. The molecule has 0 unspecified atom stereocenters. The van der Waals surface area contributed by atoms with Crippen LogP contribution in [0.5, 0.6) is 0 Å². The first kappa shape index (κ1) is 19.0. The van der Waals surface area contributed by atoms with Gasteiger partial charge >= 0.3 is 0 Å². The van der Waals surface area contributed by atoms with E-state index in [1.165, 1.54) is 11.8 Å². The Hall–Kier alpha value is -2.79. The Bertz CT molecular complexity index is 954. The SMILES string of the molecule is Cc1ccc(NC(=O)CS[C@H](C)C(=O)Nc2ccc3ccccc3c2)cc1. The third kappa shape index (κ3) is 5.34. The van der Waals surface area contributed by atoms with E-state index in [1.54, 1.807) is 6.92 Å². The van der Waals surface area contributed by atoms with Crippen molar-refractivity contribution in [2.75, 3.05) is 16.4 Å². The number of carbonyl (C=O) groups excluding carboxylic acids is 2. The number of benzene rings is 3. The van der Waals surface area contributed by atoms with Crippen molar-refractivity contribution in [1.29, 1.82) is 0 Å². The lowest BCUT2D eigenvalue weighted by molar-refractivity contribution is -0.115. The van der Waals surface area contributed by atoms with Crippen LogP contribution in [-0.4, -0.2) is 22.8 Å². The minimum Gasteiger partial charge on any atom is -0.325 e. The lowest BCUT2D eigenvalue weighted by Gasteiger charge is -2.13. The van der Waals surface area contributed by atoms with Crippen LogP contribution in [0.15, 0.2) is 66.7 Å². The number of rotatable bonds is 6. The Kier molecular flexibility index (Phi) is 6.14. The second kappa shape index (κ2) is 8.73. The van der Waals surface area contributed by atoms with Crippen molar-refractivity contribution in [3.8, 4) is 0 Å². The zero-order chi connectivity index (χ0) is 19.2. The molecule has 0 aliphatic carbocycles. The molecule has 1 atom stereocenters. The molecule has 3 aromatic carbocycles. The molecule has 4 nitrogen and oxygen atoms in total. The van der Waals surface area contributed by atoms with E-state index in [4.69, 9.17) is 0 Å². The van der Waals surface area contributed by atoms with Crippen molar-refractivity contribution in [3.63, 3.8) is 0 Å². The van der Waals surface area contributed by atoms with Gasteiger partial charge in [-0.1, -0.05) is 48.0 Å². The molecular weight excluding hydrogens is 356 g/mol. The molecule has 0 radical (unpaired) electrons. The molecule has 0 heterocycles. The highest BCUT2D eigenvalue weighted by Crippen LogP contribution is 2.20. The third-order valence-electron chi connectivity index (χ3n) is 4.19. The van der Waals surface area contributed by atoms with Gasteiger partial charge in [-0.3, -0.25) is 9.59 Å². The summed E-state index contributed by atoms with van der Waals surface area (Å²) < 4.78 is 0. The van der Waals surface area contributed by atoms with Gasteiger partial charge in [0, 0.05) is 11.4 Å². The average molecular weight is 378 g/mol. The number of thioether (sulfide) groups is 1. The van der Waals surface area contributed by atoms with Crippen LogP contribution in [0.2, 0.25) is 0 Å². The second-order valence-electron chi connectivity index (χ2n) is 6.42. The van der Waals surface area contributed by atoms with E-state index in [1.807, 2.05) is 73.7 Å². The van der Waals surface area contributed by atoms with Crippen molar-refractivity contribution < 1.29 is 9.59 Å². The van der Waals surface area contributed by atoms with Crippen LogP contribution in [0.4, 0.5) is 11.4 Å². The molecule has 0 bridgehead atoms. The molecule has 0 aliphatic rings. The summed E-state index contributed by atoms with van der Waals surface area (Å²) >= 11 is 1.31. The van der Waals surface area contributed by atoms with Gasteiger partial charge in [0.1, 0.15) is 0 Å². The van der Waals surface area contributed by atoms with E-state index in [9.17, 15) is 9.59 Å². The van der Waals surface area contributed by atoms with E-state index in [2.05, 4.69) is 10.6 Å². The van der Waals surface area contributed by atoms with Gasteiger partial charge in [0.15, 0.2) is 0 Å². The zero-order valence-corrected chi connectivity index (χ0v) is 16.2. The van der Waals surface area contributed by atoms with E-state index in [-0.39, 0.29) is 22.8 Å². The van der Waals surface area contributed by atoms with Crippen LogP contribution >= 0.6 is 11.8 Å². The lowest BCUT2D eigenvalue weighted by Crippen LogP contribution is -2.25. The number of hydrogen-bond acceptors (Lipinski definition) is 3. The number of fused-ring (bicyclic) bond motifs is 1. The summed E-state index contributed by atoms with van der Waals surface area (Å²) in [5, 5.41) is 7.64. The van der Waals surface area contributed by atoms with E-state index >= 15 is 0 Å². The number of aryl methyl sites for hydroxylation is 1. The van der Waals surface area contributed by atoms with Crippen LogP contribution < -0.4 is 10.6 Å². The quantitative estimate of drug-likeness (QED) is 0.645. The third-order valence-corrected chi connectivity index (χ3v) is 5.33. The molecule has 0 saturated heterocycles. The maximum absolute atomic E-state index is 12.4. The van der Waals surface area contributed by atoms with Gasteiger partial charge in [0.2, 0.25) is 11.8 Å². The largest absolute Gasteiger partial charge is 0.325 e. The average Bonchev–Trinajstić information content (AvgIpc) is 2.67. The molecule has 0 fully saturated rings. The Morgan fingerprint density at radius 2 is 1.56 bits per heavy atom. The first-order valence-corrected chi connectivity index (χ1v) is 9.84. The molecule has 5 heteroatoms. The summed E-state index contributed by atoms with van der Waals surface area (Å²) in [5.41, 5.74) is 2.66. The predicted octanol–water partition coefficient (Wildman–Crippen LogP) is 4.85. The van der Waals surface area contributed by atoms with Crippen molar-refractivity contribution in [2.24, 2.45) is 0 Å². The maximum Gasteiger partial charge on any atom is 0.237 e. The van der Waals surface area contributed by atoms with Crippen LogP contribution in [0, 0.1) is 6.92 Å². The first-order valence-electron chi connectivity index (χ1n) is 8.79. The number of hydrogen-bond donors (Lipinski definition) is 2. The minimum absolute atomic E-state index is 0.113. The molecule has 0 saturated carbocycles. The molecule has 0 aliphatic heterocycles. The molecule has 0 aromatic heterocycles. The van der Waals surface area contributed by atoms with Gasteiger partial charge in [-0.2, -0.15) is 0 Å². The molecular formula is C22H22N2O2S. The summed E-state index contributed by atoms with van der Waals surface area (Å²) in [6.07, 6.45) is 0. The number of carbonyl (C=O) groups is 2. The van der Waals surface area contributed by atoms with E-state index in [0.717, 1.165) is 27.7 Å². The highest BCUT2D eigenvalue weighted by molar-refractivity contribution is 8.01. The topological polar surface area (TPSA) is 58.2 Å². The van der Waals surface area contributed by atoms with Gasteiger partial charge in [-0.05, 0) is 48.9 Å². The van der Waals surface area contributed by atoms with Crippen molar-refractivity contribution >= 4 is 45.7 Å². The molecule has 2 amide bonds. The molecule has 2 N–H and O–H groups in total. The van der Waals surface area contributed by atoms with Crippen molar-refractivity contribution in [2.45, 2.75) is 19.1 Å². The van der Waals surface area contributed by atoms with E-state index < -0.39 is 0 Å².